The fraction of sp³-hybridized carbons (Fsp3) is 0.333. The summed E-state index contributed by atoms with van der Waals surface area (Å²) in [5.74, 6) is 0. The minimum Gasteiger partial charge on any atom is -0.241 e. The van der Waals surface area contributed by atoms with Crippen LogP contribution in [0, 0.1) is 0 Å². The molecule has 0 aliphatic rings. The van der Waals surface area contributed by atoms with Crippen LogP contribution in [0.1, 0.15) is 13.3 Å². The van der Waals surface area contributed by atoms with Crippen molar-refractivity contribution in [3.05, 3.63) is 12.7 Å². The van der Waals surface area contributed by atoms with Crippen molar-refractivity contribution in [3.8, 4) is 0 Å². The molecule has 0 saturated carbocycles. The Morgan fingerprint density at radius 1 is 1.78 bits per heavy atom. The summed E-state index contributed by atoms with van der Waals surface area (Å²) in [5, 5.41) is 0. The smallest absolute Gasteiger partial charge is 0.122 e. The maximum absolute atomic E-state index is 3.98. The Kier molecular flexibility index (Phi) is 5.81. The number of hydrogen-bond acceptors (Lipinski definition) is 1. The van der Waals surface area contributed by atoms with Crippen LogP contribution in [0.5, 0.6) is 0 Å². The number of halogens is 1. The molecule has 0 unspecified atom stereocenters. The Hall–Kier alpha value is -0.190. The van der Waals surface area contributed by atoms with Gasteiger partial charge in [0.2, 0.25) is 0 Å². The van der Waals surface area contributed by atoms with Crippen LogP contribution in [-0.2, 0) is 0 Å². The highest BCUT2D eigenvalue weighted by molar-refractivity contribution is 14.1. The van der Waals surface area contributed by atoms with Gasteiger partial charge >= 0.3 is 0 Å². The van der Waals surface area contributed by atoms with E-state index in [4.69, 9.17) is 0 Å². The SMILES string of the molecule is C=C/C(CC)=N\C=N/I. The van der Waals surface area contributed by atoms with Gasteiger partial charge in [0.15, 0.2) is 0 Å². The van der Waals surface area contributed by atoms with Crippen molar-refractivity contribution in [3.63, 3.8) is 0 Å². The van der Waals surface area contributed by atoms with E-state index in [1.807, 2.05) is 29.8 Å². The third-order valence-corrected chi connectivity index (χ3v) is 1.11. The lowest BCUT2D eigenvalue weighted by molar-refractivity contribution is 1.29. The lowest BCUT2D eigenvalue weighted by Gasteiger charge is -1.87. The Morgan fingerprint density at radius 2 is 2.44 bits per heavy atom. The van der Waals surface area contributed by atoms with Crippen LogP contribution in [0.15, 0.2) is 20.9 Å². The van der Waals surface area contributed by atoms with E-state index in [0.29, 0.717) is 0 Å². The minimum atomic E-state index is 0.909. The molecule has 50 valence electrons. The molecule has 0 aromatic carbocycles. The van der Waals surface area contributed by atoms with Crippen LogP contribution in [0.4, 0.5) is 0 Å². The molecule has 0 rings (SSSR count). The molecule has 2 nitrogen and oxygen atoms in total. The average molecular weight is 236 g/mol. The third kappa shape index (κ3) is 4.32. The molecule has 0 radical (unpaired) electrons. The van der Waals surface area contributed by atoms with Crippen molar-refractivity contribution in [2.45, 2.75) is 13.3 Å². The Morgan fingerprint density at radius 3 is 2.78 bits per heavy atom. The summed E-state index contributed by atoms with van der Waals surface area (Å²) in [7, 11) is 0. The molecule has 0 amide bonds. The molecule has 0 aliphatic heterocycles. The summed E-state index contributed by atoms with van der Waals surface area (Å²) in [6, 6.07) is 0. The predicted octanol–water partition coefficient (Wildman–Crippen LogP) is 2.40. The number of nitrogens with zero attached hydrogens (tertiary/aromatic N) is 2. The molecule has 3 heteroatoms. The largest absolute Gasteiger partial charge is 0.241 e. The molecule has 0 bridgehead atoms. The lowest BCUT2D eigenvalue weighted by atomic mass is 10.3. The summed E-state index contributed by atoms with van der Waals surface area (Å²) in [6.45, 7) is 5.62. The van der Waals surface area contributed by atoms with Crippen molar-refractivity contribution in [1.29, 1.82) is 0 Å². The molecule has 0 spiro atoms. The molecule has 0 fully saturated rings. The molecule has 0 N–H and O–H groups in total. The van der Waals surface area contributed by atoms with Gasteiger partial charge in [-0.15, -0.1) is 0 Å². The monoisotopic (exact) mass is 236 g/mol. The van der Waals surface area contributed by atoms with Crippen molar-refractivity contribution in [1.82, 2.24) is 0 Å². The predicted molar refractivity (Wildman–Crippen MR) is 50.4 cm³/mol. The van der Waals surface area contributed by atoms with E-state index < -0.39 is 0 Å². The molecular formula is C6H9IN2. The molecule has 0 aliphatic carbocycles. The van der Waals surface area contributed by atoms with Crippen LogP contribution in [-0.4, -0.2) is 12.1 Å². The van der Waals surface area contributed by atoms with Crippen LogP contribution in [0.25, 0.3) is 0 Å². The van der Waals surface area contributed by atoms with E-state index in [9.17, 15) is 0 Å². The minimum absolute atomic E-state index is 0.909. The maximum Gasteiger partial charge on any atom is 0.122 e. The molecule has 0 atom stereocenters. The van der Waals surface area contributed by atoms with E-state index >= 15 is 0 Å². The standard InChI is InChI=1S/C6H9IN2/c1-3-6(4-2)8-5-9-7/h3,5H,1,4H2,2H3/b8-6+,9-5-. The molecule has 0 aromatic rings. The van der Waals surface area contributed by atoms with Gasteiger partial charge in [0.05, 0.1) is 22.9 Å². The zero-order chi connectivity index (χ0) is 7.11. The zero-order valence-corrected chi connectivity index (χ0v) is 7.50. The van der Waals surface area contributed by atoms with E-state index in [1.165, 1.54) is 6.34 Å². The molecule has 0 aromatic heterocycles. The zero-order valence-electron chi connectivity index (χ0n) is 5.34. The number of aliphatic imine (C=N–C) groups is 1. The molecular weight excluding hydrogens is 227 g/mol. The summed E-state index contributed by atoms with van der Waals surface area (Å²) in [6.07, 6.45) is 4.16. The van der Waals surface area contributed by atoms with E-state index in [0.717, 1.165) is 12.1 Å². The van der Waals surface area contributed by atoms with Gasteiger partial charge in [0.1, 0.15) is 6.34 Å². The average Bonchev–Trinajstić information content (AvgIpc) is 1.91. The second-order valence-electron chi connectivity index (χ2n) is 1.39. The topological polar surface area (TPSA) is 24.7 Å². The van der Waals surface area contributed by atoms with E-state index in [-0.39, 0.29) is 0 Å². The van der Waals surface area contributed by atoms with Crippen LogP contribution >= 0.6 is 22.9 Å². The van der Waals surface area contributed by atoms with Gasteiger partial charge in [-0.05, 0) is 12.5 Å². The van der Waals surface area contributed by atoms with Gasteiger partial charge in [-0.1, -0.05) is 13.5 Å². The molecule has 9 heavy (non-hydrogen) atoms. The Bertz CT molecular complexity index is 138. The first kappa shape index (κ1) is 8.81. The van der Waals surface area contributed by atoms with Crippen LogP contribution in [0.3, 0.4) is 0 Å². The first-order valence-corrected chi connectivity index (χ1v) is 3.63. The highest BCUT2D eigenvalue weighted by Gasteiger charge is 1.82. The highest BCUT2D eigenvalue weighted by Crippen LogP contribution is 1.86. The van der Waals surface area contributed by atoms with Gasteiger partial charge in [0, 0.05) is 5.71 Å². The molecule has 0 saturated heterocycles. The maximum atomic E-state index is 3.98. The first-order valence-electron chi connectivity index (χ1n) is 2.67. The van der Waals surface area contributed by atoms with E-state index in [2.05, 4.69) is 14.8 Å². The fourth-order valence-corrected chi connectivity index (χ4v) is 0.509. The number of hydrogen-bond donors (Lipinski definition) is 0. The van der Waals surface area contributed by atoms with Crippen LogP contribution in [0.2, 0.25) is 0 Å². The normalized spacial score (nSPS) is 12.4. The second kappa shape index (κ2) is 5.94. The highest BCUT2D eigenvalue weighted by atomic mass is 127. The van der Waals surface area contributed by atoms with Gasteiger partial charge in [0.25, 0.3) is 0 Å². The Labute approximate surface area is 69.3 Å². The van der Waals surface area contributed by atoms with E-state index in [1.54, 1.807) is 6.08 Å². The number of allylic oxidation sites excluding steroid dienone is 1. The fourth-order valence-electron chi connectivity index (χ4n) is 0.384. The van der Waals surface area contributed by atoms with Crippen molar-refractivity contribution >= 4 is 34.9 Å². The van der Waals surface area contributed by atoms with Crippen molar-refractivity contribution in [2.75, 3.05) is 0 Å². The summed E-state index contributed by atoms with van der Waals surface area (Å²) < 4.78 is 3.68. The van der Waals surface area contributed by atoms with Gasteiger partial charge in [-0.25, -0.2) is 8.20 Å². The van der Waals surface area contributed by atoms with Crippen molar-refractivity contribution < 1.29 is 0 Å². The lowest BCUT2D eigenvalue weighted by Crippen LogP contribution is -1.88. The first-order chi connectivity index (χ1) is 4.35. The Balaban J connectivity index is 3.90. The molecule has 0 heterocycles. The summed E-state index contributed by atoms with van der Waals surface area (Å²) >= 11 is 1.88. The third-order valence-electron chi connectivity index (χ3n) is 0.865. The summed E-state index contributed by atoms with van der Waals surface area (Å²) in [4.78, 5) is 3.98. The summed E-state index contributed by atoms with van der Waals surface area (Å²) in [5.41, 5.74) is 0.968. The van der Waals surface area contributed by atoms with Crippen LogP contribution < -0.4 is 0 Å². The van der Waals surface area contributed by atoms with Gasteiger partial charge in [-0.2, -0.15) is 0 Å². The quantitative estimate of drug-likeness (QED) is 0.408. The van der Waals surface area contributed by atoms with Crippen molar-refractivity contribution in [2.24, 2.45) is 8.20 Å². The van der Waals surface area contributed by atoms with Gasteiger partial charge < -0.3 is 0 Å². The second-order valence-corrected chi connectivity index (χ2v) is 1.95. The number of rotatable bonds is 3. The van der Waals surface area contributed by atoms with Gasteiger partial charge in [-0.3, -0.25) is 0 Å².